The second-order valence-electron chi connectivity index (χ2n) is 8.19. The molecule has 0 aliphatic heterocycles. The van der Waals surface area contributed by atoms with Gasteiger partial charge in [0, 0.05) is 25.0 Å². The molecule has 3 unspecified atom stereocenters. The first kappa shape index (κ1) is 18.9. The van der Waals surface area contributed by atoms with Crippen LogP contribution in [0.15, 0.2) is 91.0 Å². The van der Waals surface area contributed by atoms with E-state index in [0.29, 0.717) is 5.92 Å². The summed E-state index contributed by atoms with van der Waals surface area (Å²) in [5.41, 5.74) is 3.92. The minimum absolute atomic E-state index is 0.0646. The average Bonchev–Trinajstić information content (AvgIpc) is 3.46. The Balaban J connectivity index is 1.56. The number of benzene rings is 3. The molecule has 3 aromatic carbocycles. The van der Waals surface area contributed by atoms with Gasteiger partial charge in [-0.15, -0.1) is 0 Å². The lowest BCUT2D eigenvalue weighted by atomic mass is 9.92. The highest BCUT2D eigenvalue weighted by atomic mass is 16.3. The van der Waals surface area contributed by atoms with E-state index >= 15 is 0 Å². The van der Waals surface area contributed by atoms with Crippen molar-refractivity contribution < 1.29 is 5.11 Å². The van der Waals surface area contributed by atoms with Crippen LogP contribution < -0.4 is 0 Å². The number of nitrogens with zero attached hydrogens (tertiary/aromatic N) is 1. The zero-order valence-electron chi connectivity index (χ0n) is 16.5. The molecule has 2 heteroatoms. The Hall–Kier alpha value is -2.42. The summed E-state index contributed by atoms with van der Waals surface area (Å²) in [6.07, 6.45) is 0.723. The normalized spacial score (nSPS) is 22.2. The summed E-state index contributed by atoms with van der Waals surface area (Å²) >= 11 is 0. The van der Waals surface area contributed by atoms with Crippen molar-refractivity contribution >= 4 is 0 Å². The topological polar surface area (TPSA) is 23.5 Å². The quantitative estimate of drug-likeness (QED) is 0.585. The van der Waals surface area contributed by atoms with E-state index in [1.165, 1.54) is 16.7 Å². The number of aliphatic hydroxyl groups excluding tert-OH is 1. The van der Waals surface area contributed by atoms with Crippen LogP contribution >= 0.6 is 0 Å². The van der Waals surface area contributed by atoms with Gasteiger partial charge in [0.05, 0.1) is 6.10 Å². The van der Waals surface area contributed by atoms with E-state index in [0.717, 1.165) is 26.1 Å². The van der Waals surface area contributed by atoms with Gasteiger partial charge in [-0.2, -0.15) is 0 Å². The van der Waals surface area contributed by atoms with Crippen molar-refractivity contribution in [1.29, 1.82) is 0 Å². The molecule has 3 aromatic rings. The fourth-order valence-electron chi connectivity index (χ4n) is 4.49. The summed E-state index contributed by atoms with van der Waals surface area (Å²) < 4.78 is 0. The molecule has 1 saturated carbocycles. The van der Waals surface area contributed by atoms with Crippen LogP contribution in [0.2, 0.25) is 0 Å². The predicted molar refractivity (Wildman–Crippen MR) is 115 cm³/mol. The van der Waals surface area contributed by atoms with Crippen LogP contribution in [0.4, 0.5) is 0 Å². The van der Waals surface area contributed by atoms with Crippen molar-refractivity contribution in [1.82, 2.24) is 4.90 Å². The lowest BCUT2D eigenvalue weighted by Crippen LogP contribution is -2.36. The third kappa shape index (κ3) is 4.19. The fourth-order valence-corrected chi connectivity index (χ4v) is 4.49. The van der Waals surface area contributed by atoms with Crippen LogP contribution in [-0.2, 0) is 13.1 Å². The molecule has 0 amide bonds. The van der Waals surface area contributed by atoms with E-state index in [4.69, 9.17) is 0 Å². The van der Waals surface area contributed by atoms with Gasteiger partial charge in [0.1, 0.15) is 0 Å². The Bertz CT molecular complexity index is 821. The van der Waals surface area contributed by atoms with Crippen molar-refractivity contribution in [3.8, 4) is 0 Å². The van der Waals surface area contributed by atoms with E-state index in [9.17, 15) is 5.11 Å². The molecule has 0 radical (unpaired) electrons. The van der Waals surface area contributed by atoms with E-state index in [-0.39, 0.29) is 11.5 Å². The maximum Gasteiger partial charge on any atom is 0.0586 e. The highest BCUT2D eigenvalue weighted by Gasteiger charge is 2.58. The molecule has 1 N–H and O–H groups in total. The van der Waals surface area contributed by atoms with Crippen LogP contribution in [0.3, 0.4) is 0 Å². The molecule has 28 heavy (non-hydrogen) atoms. The minimum Gasteiger partial charge on any atom is -0.393 e. The summed E-state index contributed by atoms with van der Waals surface area (Å²) in [4.78, 5) is 2.50. The number of aliphatic hydroxyl groups is 1. The van der Waals surface area contributed by atoms with Crippen LogP contribution in [-0.4, -0.2) is 22.7 Å². The number of rotatable bonds is 8. The lowest BCUT2D eigenvalue weighted by molar-refractivity contribution is 0.0681. The first-order valence-electron chi connectivity index (χ1n) is 10.2. The summed E-state index contributed by atoms with van der Waals surface area (Å²) in [6.45, 7) is 4.65. The summed E-state index contributed by atoms with van der Waals surface area (Å²) in [7, 11) is 0. The first-order chi connectivity index (χ1) is 13.7. The highest BCUT2D eigenvalue weighted by Crippen LogP contribution is 2.61. The molecular formula is C26H29NO. The number of hydrogen-bond acceptors (Lipinski definition) is 2. The van der Waals surface area contributed by atoms with E-state index in [1.54, 1.807) is 0 Å². The van der Waals surface area contributed by atoms with Crippen molar-refractivity contribution in [2.24, 2.45) is 5.41 Å². The highest BCUT2D eigenvalue weighted by molar-refractivity contribution is 5.31. The maximum absolute atomic E-state index is 10.7. The van der Waals surface area contributed by atoms with Crippen LogP contribution in [0, 0.1) is 5.41 Å². The molecule has 3 atom stereocenters. The minimum atomic E-state index is -0.327. The lowest BCUT2D eigenvalue weighted by Gasteiger charge is -2.30. The maximum atomic E-state index is 10.7. The molecule has 0 spiro atoms. The second kappa shape index (κ2) is 8.30. The molecule has 1 fully saturated rings. The standard InChI is InChI=1S/C26H29NO/c1-21(28)26(17-25(26)24-15-9-4-10-16-24)20-27(18-22-11-5-2-6-12-22)19-23-13-7-3-8-14-23/h2-16,21,25,28H,17-20H2,1H3. The van der Waals surface area contributed by atoms with Gasteiger partial charge in [-0.05, 0) is 36.0 Å². The van der Waals surface area contributed by atoms with Gasteiger partial charge in [0.2, 0.25) is 0 Å². The van der Waals surface area contributed by atoms with Gasteiger partial charge in [-0.1, -0.05) is 91.0 Å². The largest absolute Gasteiger partial charge is 0.393 e. The Morgan fingerprint density at radius 2 is 1.29 bits per heavy atom. The number of hydrogen-bond donors (Lipinski definition) is 1. The third-order valence-electron chi connectivity index (χ3n) is 6.17. The van der Waals surface area contributed by atoms with Crippen LogP contribution in [0.25, 0.3) is 0 Å². The molecule has 4 rings (SSSR count). The van der Waals surface area contributed by atoms with Gasteiger partial charge in [0.25, 0.3) is 0 Å². The molecule has 2 nitrogen and oxygen atoms in total. The van der Waals surface area contributed by atoms with Gasteiger partial charge in [0.15, 0.2) is 0 Å². The molecule has 0 heterocycles. The van der Waals surface area contributed by atoms with Crippen LogP contribution in [0.1, 0.15) is 36.0 Å². The van der Waals surface area contributed by atoms with Gasteiger partial charge < -0.3 is 5.11 Å². The summed E-state index contributed by atoms with van der Waals surface area (Å²) in [5, 5.41) is 10.7. The average molecular weight is 372 g/mol. The molecule has 1 aliphatic carbocycles. The molecule has 0 saturated heterocycles. The Labute approximate surface area is 168 Å². The summed E-state index contributed by atoms with van der Waals surface area (Å²) in [5.74, 6) is 0.433. The summed E-state index contributed by atoms with van der Waals surface area (Å²) in [6, 6.07) is 32.0. The van der Waals surface area contributed by atoms with Crippen molar-refractivity contribution in [2.45, 2.75) is 38.5 Å². The first-order valence-corrected chi connectivity index (χ1v) is 10.2. The van der Waals surface area contributed by atoms with Gasteiger partial charge in [-0.3, -0.25) is 4.90 Å². The predicted octanol–water partition coefficient (Wildman–Crippen LogP) is 5.24. The molecular weight excluding hydrogens is 342 g/mol. The Kier molecular flexibility index (Phi) is 5.61. The molecule has 1 aliphatic rings. The monoisotopic (exact) mass is 371 g/mol. The van der Waals surface area contributed by atoms with Gasteiger partial charge in [-0.25, -0.2) is 0 Å². The van der Waals surface area contributed by atoms with E-state index in [2.05, 4.69) is 95.9 Å². The van der Waals surface area contributed by atoms with Crippen molar-refractivity contribution in [3.63, 3.8) is 0 Å². The SMILES string of the molecule is CC(O)C1(CN(Cc2ccccc2)Cc2ccccc2)CC1c1ccccc1. The zero-order valence-corrected chi connectivity index (χ0v) is 16.5. The van der Waals surface area contributed by atoms with Gasteiger partial charge >= 0.3 is 0 Å². The zero-order chi connectivity index (χ0) is 19.4. The van der Waals surface area contributed by atoms with Crippen LogP contribution in [0.5, 0.6) is 0 Å². The molecule has 0 bridgehead atoms. The smallest absolute Gasteiger partial charge is 0.0586 e. The Morgan fingerprint density at radius 3 is 1.75 bits per heavy atom. The fraction of sp³-hybridized carbons (Fsp3) is 0.308. The molecule has 0 aromatic heterocycles. The van der Waals surface area contributed by atoms with Crippen molar-refractivity contribution in [2.75, 3.05) is 6.54 Å². The second-order valence-corrected chi connectivity index (χ2v) is 8.19. The van der Waals surface area contributed by atoms with Crippen molar-refractivity contribution in [3.05, 3.63) is 108 Å². The van der Waals surface area contributed by atoms with E-state index < -0.39 is 0 Å². The molecule has 144 valence electrons. The third-order valence-corrected chi connectivity index (χ3v) is 6.17. The Morgan fingerprint density at radius 1 is 0.821 bits per heavy atom. The van der Waals surface area contributed by atoms with E-state index in [1.807, 2.05) is 6.92 Å².